The maximum atomic E-state index is 13.4. The second-order valence-electron chi connectivity index (χ2n) is 3.02. The summed E-state index contributed by atoms with van der Waals surface area (Å²) in [6, 6.07) is 3.88. The molecule has 1 aliphatic heterocycles. The van der Waals surface area contributed by atoms with E-state index in [0.717, 1.165) is 6.07 Å². The van der Waals surface area contributed by atoms with Gasteiger partial charge in [-0.3, -0.25) is 14.9 Å². The van der Waals surface area contributed by atoms with Crippen LogP contribution in [-0.4, -0.2) is 11.8 Å². The van der Waals surface area contributed by atoms with E-state index in [9.17, 15) is 18.4 Å². The molecule has 0 saturated carbocycles. The summed E-state index contributed by atoms with van der Waals surface area (Å²) in [4.78, 5) is 22.2. The highest BCUT2D eigenvalue weighted by Crippen LogP contribution is 2.36. The van der Waals surface area contributed by atoms with E-state index in [2.05, 4.69) is 15.9 Å². The Labute approximate surface area is 91.6 Å². The molecule has 1 aromatic rings. The first-order valence-electron chi connectivity index (χ1n) is 3.97. The van der Waals surface area contributed by atoms with Gasteiger partial charge in [-0.1, -0.05) is 12.1 Å². The molecular formula is C9H4BrF2NO2. The lowest BCUT2D eigenvalue weighted by Gasteiger charge is -2.24. The van der Waals surface area contributed by atoms with Crippen LogP contribution < -0.4 is 5.32 Å². The number of nitrogens with one attached hydrogen (secondary N) is 1. The molecule has 0 fully saturated rings. The van der Waals surface area contributed by atoms with Crippen LogP contribution in [-0.2, 0) is 10.7 Å². The average Bonchev–Trinajstić information content (AvgIpc) is 2.15. The number of alkyl halides is 2. The number of imide groups is 1. The van der Waals surface area contributed by atoms with Crippen LogP contribution in [0.4, 0.5) is 8.78 Å². The summed E-state index contributed by atoms with van der Waals surface area (Å²) >= 11 is 2.99. The molecule has 0 radical (unpaired) electrons. The largest absolute Gasteiger partial charge is 0.351 e. The van der Waals surface area contributed by atoms with Gasteiger partial charge in [0.1, 0.15) is 0 Å². The van der Waals surface area contributed by atoms with Crippen LogP contribution in [0.25, 0.3) is 0 Å². The summed E-state index contributed by atoms with van der Waals surface area (Å²) in [5.41, 5.74) is -0.757. The summed E-state index contributed by atoms with van der Waals surface area (Å²) < 4.78 is 27.0. The van der Waals surface area contributed by atoms with Gasteiger partial charge < -0.3 is 0 Å². The summed E-state index contributed by atoms with van der Waals surface area (Å²) in [7, 11) is 0. The Morgan fingerprint density at radius 2 is 1.93 bits per heavy atom. The zero-order valence-corrected chi connectivity index (χ0v) is 8.77. The molecule has 1 aliphatic rings. The van der Waals surface area contributed by atoms with Gasteiger partial charge in [0.2, 0.25) is 0 Å². The summed E-state index contributed by atoms with van der Waals surface area (Å²) in [6.45, 7) is 0. The van der Waals surface area contributed by atoms with E-state index in [0.29, 0.717) is 0 Å². The highest BCUT2D eigenvalue weighted by Gasteiger charge is 2.48. The molecule has 0 unspecified atom stereocenters. The van der Waals surface area contributed by atoms with E-state index < -0.39 is 23.3 Å². The van der Waals surface area contributed by atoms with Crippen molar-refractivity contribution >= 4 is 27.7 Å². The number of benzene rings is 1. The number of carbonyl (C=O) groups excluding carboxylic acids is 2. The van der Waals surface area contributed by atoms with Crippen molar-refractivity contribution in [1.82, 2.24) is 5.32 Å². The van der Waals surface area contributed by atoms with Crippen molar-refractivity contribution < 1.29 is 18.4 Å². The maximum Gasteiger partial charge on any atom is 0.351 e. The molecule has 0 atom stereocenters. The minimum atomic E-state index is -3.66. The molecule has 2 rings (SSSR count). The third-order valence-corrected chi connectivity index (χ3v) is 2.75. The molecule has 6 heteroatoms. The van der Waals surface area contributed by atoms with E-state index in [1.807, 2.05) is 0 Å². The zero-order valence-electron chi connectivity index (χ0n) is 7.18. The predicted octanol–water partition coefficient (Wildman–Crippen LogP) is 1.81. The van der Waals surface area contributed by atoms with Gasteiger partial charge in [-0.15, -0.1) is 0 Å². The minimum Gasteiger partial charge on any atom is -0.287 e. The number of hydrogen-bond donors (Lipinski definition) is 1. The first kappa shape index (κ1) is 10.2. The molecule has 1 aromatic carbocycles. The quantitative estimate of drug-likeness (QED) is 0.734. The molecule has 15 heavy (non-hydrogen) atoms. The lowest BCUT2D eigenvalue weighted by Crippen LogP contribution is -2.47. The molecule has 0 spiro atoms. The average molecular weight is 276 g/mol. The van der Waals surface area contributed by atoms with Gasteiger partial charge in [-0.05, 0) is 22.0 Å². The van der Waals surface area contributed by atoms with Gasteiger partial charge in [-0.25, -0.2) is 0 Å². The number of rotatable bonds is 0. The molecule has 0 aliphatic carbocycles. The SMILES string of the molecule is O=C1NC(=O)C(F)(F)c2cccc(Br)c21. The second-order valence-corrected chi connectivity index (χ2v) is 3.87. The number of hydrogen-bond acceptors (Lipinski definition) is 2. The van der Waals surface area contributed by atoms with Crippen molar-refractivity contribution in [2.24, 2.45) is 0 Å². The Morgan fingerprint density at radius 3 is 2.60 bits per heavy atom. The Balaban J connectivity index is 2.75. The van der Waals surface area contributed by atoms with E-state index in [-0.39, 0.29) is 10.0 Å². The lowest BCUT2D eigenvalue weighted by molar-refractivity contribution is -0.146. The fourth-order valence-corrected chi connectivity index (χ4v) is 1.93. The van der Waals surface area contributed by atoms with E-state index in [1.165, 1.54) is 12.1 Å². The molecule has 78 valence electrons. The number of amides is 2. The monoisotopic (exact) mass is 275 g/mol. The Kier molecular flexibility index (Phi) is 2.11. The molecule has 2 amide bonds. The van der Waals surface area contributed by atoms with Crippen molar-refractivity contribution in [2.75, 3.05) is 0 Å². The van der Waals surface area contributed by atoms with Crippen LogP contribution in [0.2, 0.25) is 0 Å². The summed E-state index contributed by atoms with van der Waals surface area (Å²) in [5.74, 6) is -6.06. The van der Waals surface area contributed by atoms with Crippen molar-refractivity contribution in [3.63, 3.8) is 0 Å². The van der Waals surface area contributed by atoms with E-state index in [1.54, 1.807) is 5.32 Å². The van der Waals surface area contributed by atoms with Crippen molar-refractivity contribution in [3.8, 4) is 0 Å². The summed E-state index contributed by atoms with van der Waals surface area (Å²) in [6.07, 6.45) is 0. The Morgan fingerprint density at radius 1 is 1.27 bits per heavy atom. The minimum absolute atomic E-state index is 0.192. The van der Waals surface area contributed by atoms with Crippen LogP contribution in [0.1, 0.15) is 15.9 Å². The van der Waals surface area contributed by atoms with Crippen LogP contribution in [0.5, 0.6) is 0 Å². The fourth-order valence-electron chi connectivity index (χ4n) is 1.38. The number of carbonyl (C=O) groups is 2. The van der Waals surface area contributed by atoms with Gasteiger partial charge in [0.05, 0.1) is 5.56 Å². The highest BCUT2D eigenvalue weighted by atomic mass is 79.9. The topological polar surface area (TPSA) is 46.2 Å². The first-order valence-corrected chi connectivity index (χ1v) is 4.76. The normalized spacial score (nSPS) is 18.3. The third kappa shape index (κ3) is 1.36. The van der Waals surface area contributed by atoms with Gasteiger partial charge in [-0.2, -0.15) is 8.78 Å². The Bertz CT molecular complexity index is 473. The van der Waals surface area contributed by atoms with E-state index in [4.69, 9.17) is 0 Å². The zero-order chi connectivity index (χ0) is 11.2. The van der Waals surface area contributed by atoms with E-state index >= 15 is 0 Å². The van der Waals surface area contributed by atoms with Gasteiger partial charge in [0.15, 0.2) is 0 Å². The molecule has 1 heterocycles. The molecule has 1 N–H and O–H groups in total. The smallest absolute Gasteiger partial charge is 0.287 e. The predicted molar refractivity (Wildman–Crippen MR) is 50.5 cm³/mol. The van der Waals surface area contributed by atoms with Gasteiger partial charge in [0, 0.05) is 10.0 Å². The lowest BCUT2D eigenvalue weighted by atomic mass is 9.97. The van der Waals surface area contributed by atoms with Gasteiger partial charge in [0.25, 0.3) is 5.91 Å². The molecule has 0 bridgehead atoms. The standard InChI is InChI=1S/C9H4BrF2NO2/c10-5-3-1-2-4-6(5)7(14)13-8(15)9(4,11)12/h1-3H,(H,13,14,15). The third-order valence-electron chi connectivity index (χ3n) is 2.09. The van der Waals surface area contributed by atoms with Crippen molar-refractivity contribution in [1.29, 1.82) is 0 Å². The second kappa shape index (κ2) is 3.10. The number of halogens is 3. The van der Waals surface area contributed by atoms with Crippen LogP contribution >= 0.6 is 15.9 Å². The molecule has 3 nitrogen and oxygen atoms in total. The highest BCUT2D eigenvalue weighted by molar-refractivity contribution is 9.10. The fraction of sp³-hybridized carbons (Fsp3) is 0.111. The molecule has 0 aromatic heterocycles. The van der Waals surface area contributed by atoms with Crippen molar-refractivity contribution in [2.45, 2.75) is 5.92 Å². The van der Waals surface area contributed by atoms with Crippen molar-refractivity contribution in [3.05, 3.63) is 33.8 Å². The number of fused-ring (bicyclic) bond motifs is 1. The van der Waals surface area contributed by atoms with Crippen LogP contribution in [0, 0.1) is 0 Å². The Hall–Kier alpha value is -1.30. The van der Waals surface area contributed by atoms with Crippen LogP contribution in [0.3, 0.4) is 0 Å². The van der Waals surface area contributed by atoms with Gasteiger partial charge >= 0.3 is 11.8 Å². The first-order chi connectivity index (χ1) is 6.94. The van der Waals surface area contributed by atoms with Crippen LogP contribution in [0.15, 0.2) is 22.7 Å². The molecular weight excluding hydrogens is 272 g/mol. The summed E-state index contributed by atoms with van der Waals surface area (Å²) in [5, 5.41) is 1.61. The maximum absolute atomic E-state index is 13.4. The molecule has 0 saturated heterocycles.